The van der Waals surface area contributed by atoms with Crippen LogP contribution in [0.25, 0.3) is 0 Å². The number of nitrogens with zero attached hydrogens (tertiary/aromatic N) is 1. The molecule has 0 aliphatic heterocycles. The van der Waals surface area contributed by atoms with Gasteiger partial charge in [0, 0.05) is 22.9 Å². The maximum Gasteiger partial charge on any atom is 0.259 e. The maximum atomic E-state index is 13.7. The molecule has 104 valence electrons. The van der Waals surface area contributed by atoms with Crippen molar-refractivity contribution in [2.75, 3.05) is 13.6 Å². The van der Waals surface area contributed by atoms with Crippen LogP contribution < -0.4 is 0 Å². The zero-order valence-corrected chi connectivity index (χ0v) is 13.5. The first-order valence-corrected chi connectivity index (χ1v) is 7.63. The molecule has 0 N–H and O–H groups in total. The van der Waals surface area contributed by atoms with Crippen LogP contribution in [0, 0.1) is 17.6 Å². The Kier molecular flexibility index (Phi) is 4.61. The lowest BCUT2D eigenvalue weighted by molar-refractivity contribution is 0.0739. The van der Waals surface area contributed by atoms with Crippen LogP contribution in [0.3, 0.4) is 0 Å². The van der Waals surface area contributed by atoms with E-state index in [4.69, 9.17) is 0 Å². The fourth-order valence-electron chi connectivity index (χ4n) is 2.21. The van der Waals surface area contributed by atoms with Gasteiger partial charge in [-0.1, -0.05) is 31.9 Å². The van der Waals surface area contributed by atoms with E-state index >= 15 is 0 Å². The van der Waals surface area contributed by atoms with Gasteiger partial charge in [0.05, 0.1) is 0 Å². The van der Waals surface area contributed by atoms with Gasteiger partial charge >= 0.3 is 0 Å². The van der Waals surface area contributed by atoms with E-state index in [1.165, 1.54) is 4.90 Å². The van der Waals surface area contributed by atoms with Crippen LogP contribution in [0.1, 0.15) is 23.2 Å². The Morgan fingerprint density at radius 1 is 1.37 bits per heavy atom. The highest BCUT2D eigenvalue weighted by molar-refractivity contribution is 9.10. The largest absolute Gasteiger partial charge is 0.341 e. The number of carbonyl (C=O) groups is 1. The van der Waals surface area contributed by atoms with Crippen molar-refractivity contribution in [2.24, 2.45) is 5.92 Å². The number of halogens is 4. The maximum absolute atomic E-state index is 13.7. The summed E-state index contributed by atoms with van der Waals surface area (Å²) in [6.45, 7) is 0.524. The van der Waals surface area contributed by atoms with Crippen molar-refractivity contribution in [2.45, 2.75) is 17.7 Å². The lowest BCUT2D eigenvalue weighted by atomic mass is 9.85. The van der Waals surface area contributed by atoms with Crippen LogP contribution in [-0.4, -0.2) is 29.2 Å². The average molecular weight is 397 g/mol. The predicted molar refractivity (Wildman–Crippen MR) is 76.5 cm³/mol. The summed E-state index contributed by atoms with van der Waals surface area (Å²) in [5.41, 5.74) is -0.486. The quantitative estimate of drug-likeness (QED) is 0.708. The fraction of sp³-hybridized carbons (Fsp3) is 0.462. The second-order valence-electron chi connectivity index (χ2n) is 4.86. The van der Waals surface area contributed by atoms with Crippen LogP contribution in [0.5, 0.6) is 0 Å². The lowest BCUT2D eigenvalue weighted by Crippen LogP contribution is -2.38. The molecular formula is C13H13Br2F2NO. The monoisotopic (exact) mass is 395 g/mol. The molecule has 1 aromatic rings. The SMILES string of the molecule is CN(CC1CC(Br)C1)C(=O)c1c(F)cc(Br)cc1F. The van der Waals surface area contributed by atoms with E-state index in [1.807, 2.05) is 0 Å². The summed E-state index contributed by atoms with van der Waals surface area (Å²) in [7, 11) is 1.57. The van der Waals surface area contributed by atoms with E-state index in [9.17, 15) is 13.6 Å². The molecule has 19 heavy (non-hydrogen) atoms. The Balaban J connectivity index is 2.10. The van der Waals surface area contributed by atoms with Crippen molar-refractivity contribution in [1.29, 1.82) is 0 Å². The highest BCUT2D eigenvalue weighted by Gasteiger charge is 2.30. The molecule has 0 aromatic heterocycles. The molecule has 0 spiro atoms. The highest BCUT2D eigenvalue weighted by atomic mass is 79.9. The number of amides is 1. The third kappa shape index (κ3) is 3.34. The summed E-state index contributed by atoms with van der Waals surface area (Å²) in [6, 6.07) is 2.20. The Morgan fingerprint density at radius 3 is 2.37 bits per heavy atom. The third-order valence-electron chi connectivity index (χ3n) is 3.28. The molecule has 0 atom stereocenters. The first kappa shape index (κ1) is 14.9. The molecule has 1 fully saturated rings. The first-order chi connectivity index (χ1) is 8.88. The molecule has 0 saturated heterocycles. The minimum absolute atomic E-state index is 0.280. The number of benzene rings is 1. The molecule has 1 aromatic carbocycles. The van der Waals surface area contributed by atoms with E-state index in [1.54, 1.807) is 7.05 Å². The van der Waals surface area contributed by atoms with Crippen molar-refractivity contribution in [1.82, 2.24) is 4.90 Å². The average Bonchev–Trinajstić information content (AvgIpc) is 2.25. The predicted octanol–water partition coefficient (Wildman–Crippen LogP) is 3.97. The van der Waals surface area contributed by atoms with Crippen molar-refractivity contribution >= 4 is 37.8 Å². The zero-order chi connectivity index (χ0) is 14.2. The zero-order valence-electron chi connectivity index (χ0n) is 10.3. The summed E-state index contributed by atoms with van der Waals surface area (Å²) in [5.74, 6) is -1.88. The summed E-state index contributed by atoms with van der Waals surface area (Å²) in [6.07, 6.45) is 1.98. The summed E-state index contributed by atoms with van der Waals surface area (Å²) in [5, 5.41) is 0. The number of alkyl halides is 1. The molecule has 1 aliphatic carbocycles. The second kappa shape index (κ2) is 5.87. The van der Waals surface area contributed by atoms with Gasteiger partial charge in [-0.05, 0) is 30.9 Å². The lowest BCUT2D eigenvalue weighted by Gasteiger charge is -2.34. The van der Waals surface area contributed by atoms with E-state index in [2.05, 4.69) is 31.9 Å². The van der Waals surface area contributed by atoms with Crippen LogP contribution in [0.15, 0.2) is 16.6 Å². The number of carbonyl (C=O) groups excluding carboxylic acids is 1. The molecule has 0 heterocycles. The van der Waals surface area contributed by atoms with Gasteiger partial charge in [-0.15, -0.1) is 0 Å². The number of rotatable bonds is 3. The van der Waals surface area contributed by atoms with E-state index in [0.29, 0.717) is 17.3 Å². The Morgan fingerprint density at radius 2 is 1.89 bits per heavy atom. The van der Waals surface area contributed by atoms with E-state index in [-0.39, 0.29) is 4.47 Å². The Hall–Kier alpha value is -0.490. The molecule has 6 heteroatoms. The fourth-order valence-corrected chi connectivity index (χ4v) is 3.67. The van der Waals surface area contributed by atoms with Gasteiger partial charge in [-0.3, -0.25) is 4.79 Å². The van der Waals surface area contributed by atoms with Crippen LogP contribution in [0.2, 0.25) is 0 Å². The van der Waals surface area contributed by atoms with E-state index < -0.39 is 23.1 Å². The van der Waals surface area contributed by atoms with Gasteiger partial charge in [0.2, 0.25) is 0 Å². The van der Waals surface area contributed by atoms with Gasteiger partial charge < -0.3 is 4.90 Å². The van der Waals surface area contributed by atoms with Crippen LogP contribution in [-0.2, 0) is 0 Å². The van der Waals surface area contributed by atoms with Gasteiger partial charge in [-0.25, -0.2) is 8.78 Å². The molecule has 2 nitrogen and oxygen atoms in total. The molecule has 1 amide bonds. The number of hydrogen-bond acceptors (Lipinski definition) is 1. The molecule has 0 bridgehead atoms. The molecule has 1 aliphatic rings. The van der Waals surface area contributed by atoms with Crippen molar-refractivity contribution in [3.63, 3.8) is 0 Å². The van der Waals surface area contributed by atoms with Gasteiger partial charge in [0.15, 0.2) is 0 Å². The standard InChI is InChI=1S/C13H13Br2F2NO/c1-18(6-7-2-8(14)3-7)13(19)12-10(16)4-9(15)5-11(12)17/h4-5,7-8H,2-3,6H2,1H3. The minimum Gasteiger partial charge on any atom is -0.341 e. The molecule has 2 rings (SSSR count). The van der Waals surface area contributed by atoms with Crippen molar-refractivity contribution in [3.05, 3.63) is 33.8 Å². The Bertz CT molecular complexity index is 480. The second-order valence-corrected chi connectivity index (χ2v) is 7.08. The van der Waals surface area contributed by atoms with Crippen LogP contribution in [0.4, 0.5) is 8.78 Å². The first-order valence-electron chi connectivity index (χ1n) is 5.92. The van der Waals surface area contributed by atoms with Gasteiger partial charge in [0.25, 0.3) is 5.91 Å². The molecule has 0 unspecified atom stereocenters. The number of hydrogen-bond donors (Lipinski definition) is 0. The Labute approximate surface area is 127 Å². The van der Waals surface area contributed by atoms with Crippen molar-refractivity contribution < 1.29 is 13.6 Å². The highest BCUT2D eigenvalue weighted by Crippen LogP contribution is 2.34. The van der Waals surface area contributed by atoms with Crippen LogP contribution >= 0.6 is 31.9 Å². The molecule has 0 radical (unpaired) electrons. The third-order valence-corrected chi connectivity index (χ3v) is 4.48. The summed E-state index contributed by atoms with van der Waals surface area (Å²) in [4.78, 5) is 14.0. The minimum atomic E-state index is -0.837. The molecular weight excluding hydrogens is 384 g/mol. The smallest absolute Gasteiger partial charge is 0.259 e. The van der Waals surface area contributed by atoms with Gasteiger partial charge in [0.1, 0.15) is 17.2 Å². The summed E-state index contributed by atoms with van der Waals surface area (Å²) < 4.78 is 27.7. The van der Waals surface area contributed by atoms with Gasteiger partial charge in [-0.2, -0.15) is 0 Å². The summed E-state index contributed by atoms with van der Waals surface area (Å²) >= 11 is 6.47. The normalized spacial score (nSPS) is 21.9. The molecule has 1 saturated carbocycles. The van der Waals surface area contributed by atoms with E-state index in [0.717, 1.165) is 25.0 Å². The topological polar surface area (TPSA) is 20.3 Å². The van der Waals surface area contributed by atoms with Crippen molar-refractivity contribution in [3.8, 4) is 0 Å².